The van der Waals surface area contributed by atoms with Gasteiger partial charge in [0.1, 0.15) is 5.92 Å². The Morgan fingerprint density at radius 1 is 1.00 bits per heavy atom. The maximum atomic E-state index is 13.5. The van der Waals surface area contributed by atoms with E-state index in [1.54, 1.807) is 0 Å². The van der Waals surface area contributed by atoms with E-state index in [1.165, 1.54) is 0 Å². The number of rotatable bonds is 5. The van der Waals surface area contributed by atoms with Crippen molar-refractivity contribution in [3.63, 3.8) is 0 Å². The monoisotopic (exact) mass is 415 g/mol. The van der Waals surface area contributed by atoms with Gasteiger partial charge in [0.2, 0.25) is 0 Å². The zero-order valence-corrected chi connectivity index (χ0v) is 18.4. The number of nitrogens with zero attached hydrogens (tertiary/aromatic N) is 1. The molecule has 1 unspecified atom stereocenters. The first-order valence-electron chi connectivity index (χ1n) is 11.1. The first kappa shape index (κ1) is 21.2. The molecule has 0 bridgehead atoms. The summed E-state index contributed by atoms with van der Waals surface area (Å²) >= 11 is 0. The fraction of sp³-hybridized carbons (Fsp3) is 0.370. The van der Waals surface area contributed by atoms with Crippen molar-refractivity contribution in [1.29, 1.82) is 0 Å². The quantitative estimate of drug-likeness (QED) is 0.604. The number of esters is 1. The molecule has 0 spiro atoms. The third-order valence-electron chi connectivity index (χ3n) is 6.30. The smallest absolute Gasteiger partial charge is 0.315 e. The van der Waals surface area contributed by atoms with Gasteiger partial charge in [0.15, 0.2) is 5.78 Å². The Hall–Kier alpha value is -3.01. The number of hydrogen-bond acceptors (Lipinski definition) is 4. The zero-order chi connectivity index (χ0) is 22.0. The van der Waals surface area contributed by atoms with Gasteiger partial charge in [-0.15, -0.1) is 0 Å². The largest absolute Gasteiger partial charge is 0.465 e. The van der Waals surface area contributed by atoms with Gasteiger partial charge in [0.25, 0.3) is 0 Å². The van der Waals surface area contributed by atoms with Crippen LogP contribution in [-0.4, -0.2) is 24.1 Å². The molecule has 1 aliphatic heterocycles. The summed E-state index contributed by atoms with van der Waals surface area (Å²) < 4.78 is 5.53. The van der Waals surface area contributed by atoms with Gasteiger partial charge >= 0.3 is 5.97 Å². The molecule has 31 heavy (non-hydrogen) atoms. The average Bonchev–Trinajstić information content (AvgIpc) is 2.77. The summed E-state index contributed by atoms with van der Waals surface area (Å²) in [6, 6.07) is 18.3. The second kappa shape index (κ2) is 9.01. The van der Waals surface area contributed by atoms with Crippen LogP contribution in [0.15, 0.2) is 70.9 Å². The highest BCUT2D eigenvalue weighted by molar-refractivity contribution is 6.09. The van der Waals surface area contributed by atoms with E-state index in [9.17, 15) is 9.59 Å². The Bertz CT molecular complexity index is 1030. The molecular weight excluding hydrogens is 386 g/mol. The third kappa shape index (κ3) is 4.25. The van der Waals surface area contributed by atoms with Crippen molar-refractivity contribution in [2.45, 2.75) is 51.9 Å². The molecule has 4 heteroatoms. The summed E-state index contributed by atoms with van der Waals surface area (Å²) in [6.07, 6.45) is 1.91. The molecule has 0 radical (unpaired) electrons. The molecule has 4 rings (SSSR count). The van der Waals surface area contributed by atoms with Gasteiger partial charge in [-0.25, -0.2) is 0 Å². The Balaban J connectivity index is 1.77. The highest BCUT2D eigenvalue weighted by Gasteiger charge is 2.44. The van der Waals surface area contributed by atoms with Gasteiger partial charge in [-0.3, -0.25) is 14.6 Å². The van der Waals surface area contributed by atoms with E-state index in [0.29, 0.717) is 25.0 Å². The number of ketones is 1. The highest BCUT2D eigenvalue weighted by Crippen LogP contribution is 2.46. The molecule has 0 amide bonds. The number of aryl methyl sites for hydroxylation is 1. The van der Waals surface area contributed by atoms with E-state index in [1.807, 2.05) is 63.2 Å². The van der Waals surface area contributed by atoms with Crippen LogP contribution in [-0.2, 0) is 14.3 Å². The van der Waals surface area contributed by atoms with Gasteiger partial charge in [-0.05, 0) is 43.7 Å². The molecule has 0 saturated carbocycles. The highest BCUT2D eigenvalue weighted by atomic mass is 16.5. The average molecular weight is 416 g/mol. The van der Waals surface area contributed by atoms with Crippen LogP contribution < -0.4 is 0 Å². The molecule has 0 aromatic heterocycles. The van der Waals surface area contributed by atoms with Crippen molar-refractivity contribution in [2.75, 3.05) is 6.61 Å². The molecule has 2 aliphatic rings. The van der Waals surface area contributed by atoms with Crippen LogP contribution in [0, 0.1) is 12.8 Å². The van der Waals surface area contributed by atoms with E-state index >= 15 is 0 Å². The van der Waals surface area contributed by atoms with Crippen molar-refractivity contribution in [2.24, 2.45) is 10.9 Å². The molecule has 0 fully saturated rings. The lowest BCUT2D eigenvalue weighted by Gasteiger charge is -2.36. The molecule has 0 N–H and O–H groups in total. The van der Waals surface area contributed by atoms with E-state index in [4.69, 9.17) is 9.73 Å². The van der Waals surface area contributed by atoms with Crippen LogP contribution in [0.1, 0.15) is 61.6 Å². The van der Waals surface area contributed by atoms with Crippen molar-refractivity contribution >= 4 is 17.5 Å². The van der Waals surface area contributed by atoms with Crippen LogP contribution in [0.25, 0.3) is 0 Å². The van der Waals surface area contributed by atoms with Crippen LogP contribution in [0.5, 0.6) is 0 Å². The minimum Gasteiger partial charge on any atom is -0.465 e. The minimum absolute atomic E-state index is 0.0882. The van der Waals surface area contributed by atoms with Crippen molar-refractivity contribution < 1.29 is 14.3 Å². The Labute approximate surface area is 184 Å². The molecule has 3 atom stereocenters. The molecule has 4 nitrogen and oxygen atoms in total. The zero-order valence-electron chi connectivity index (χ0n) is 18.4. The van der Waals surface area contributed by atoms with E-state index in [0.717, 1.165) is 34.5 Å². The van der Waals surface area contributed by atoms with Gasteiger partial charge in [0, 0.05) is 29.3 Å². The van der Waals surface area contributed by atoms with Crippen molar-refractivity contribution in [3.05, 3.63) is 82.6 Å². The number of aliphatic imine (C=N–C) groups is 1. The standard InChI is InChI=1S/C27H29NO3/c1-4-14-31-27(30)24-18(3)28-22-15-21(19-8-6-5-7-9-19)16-23(29)26(22)25(24)20-12-10-17(2)11-13-20/h5-13,21,24-25H,4,14-16H2,1-3H3/t21-,24?,25+/m1/s1. The molecule has 160 valence electrons. The lowest BCUT2D eigenvalue weighted by atomic mass is 9.69. The summed E-state index contributed by atoms with van der Waals surface area (Å²) in [4.78, 5) is 31.3. The number of allylic oxidation sites excluding steroid dienone is 2. The second-order valence-corrected chi connectivity index (χ2v) is 8.59. The fourth-order valence-electron chi connectivity index (χ4n) is 4.75. The van der Waals surface area contributed by atoms with Crippen LogP contribution in [0.4, 0.5) is 0 Å². The molecule has 2 aromatic carbocycles. The summed E-state index contributed by atoms with van der Waals surface area (Å²) in [5, 5.41) is 0. The van der Waals surface area contributed by atoms with Gasteiger partial charge in [0.05, 0.1) is 6.61 Å². The summed E-state index contributed by atoms with van der Waals surface area (Å²) in [7, 11) is 0. The number of hydrogen-bond donors (Lipinski definition) is 0. The Morgan fingerprint density at radius 2 is 1.71 bits per heavy atom. The summed E-state index contributed by atoms with van der Waals surface area (Å²) in [6.45, 7) is 6.27. The van der Waals surface area contributed by atoms with Crippen LogP contribution >= 0.6 is 0 Å². The van der Waals surface area contributed by atoms with E-state index in [-0.39, 0.29) is 23.6 Å². The molecule has 1 aliphatic carbocycles. The lowest BCUT2D eigenvalue weighted by molar-refractivity contribution is -0.146. The second-order valence-electron chi connectivity index (χ2n) is 8.59. The molecule has 0 saturated heterocycles. The Morgan fingerprint density at radius 3 is 2.39 bits per heavy atom. The molecular formula is C27H29NO3. The molecule has 2 aromatic rings. The topological polar surface area (TPSA) is 55.7 Å². The van der Waals surface area contributed by atoms with Crippen LogP contribution in [0.3, 0.4) is 0 Å². The number of carbonyl (C=O) groups is 2. The number of Topliss-reactive ketones (excluding diaryl/α,β-unsaturated/α-hetero) is 1. The lowest BCUT2D eigenvalue weighted by Crippen LogP contribution is -2.38. The maximum Gasteiger partial charge on any atom is 0.315 e. The van der Waals surface area contributed by atoms with Gasteiger partial charge < -0.3 is 4.74 Å². The van der Waals surface area contributed by atoms with Crippen LogP contribution in [0.2, 0.25) is 0 Å². The molecule has 1 heterocycles. The first-order valence-corrected chi connectivity index (χ1v) is 11.1. The fourth-order valence-corrected chi connectivity index (χ4v) is 4.75. The SMILES string of the molecule is CCCOC(=O)C1C(C)=NC2=C(C(=O)C[C@H](c3ccccc3)C2)[C@H]1c1ccc(C)cc1. The maximum absolute atomic E-state index is 13.5. The Kier molecular flexibility index (Phi) is 6.17. The summed E-state index contributed by atoms with van der Waals surface area (Å²) in [5.41, 5.74) is 5.52. The predicted octanol–water partition coefficient (Wildman–Crippen LogP) is 5.52. The predicted molar refractivity (Wildman–Crippen MR) is 122 cm³/mol. The number of ether oxygens (including phenoxy) is 1. The van der Waals surface area contributed by atoms with Crippen molar-refractivity contribution in [1.82, 2.24) is 0 Å². The summed E-state index contributed by atoms with van der Waals surface area (Å²) in [5.74, 6) is -0.999. The van der Waals surface area contributed by atoms with E-state index < -0.39 is 5.92 Å². The van der Waals surface area contributed by atoms with E-state index in [2.05, 4.69) is 12.1 Å². The number of carbonyl (C=O) groups excluding carboxylic acids is 2. The third-order valence-corrected chi connectivity index (χ3v) is 6.30. The minimum atomic E-state index is -0.565. The number of benzene rings is 2. The van der Waals surface area contributed by atoms with Gasteiger partial charge in [-0.1, -0.05) is 67.1 Å². The first-order chi connectivity index (χ1) is 15.0. The van der Waals surface area contributed by atoms with Crippen molar-refractivity contribution in [3.8, 4) is 0 Å². The van der Waals surface area contributed by atoms with Gasteiger partial charge in [-0.2, -0.15) is 0 Å². The normalized spacial score (nSPS) is 23.3.